The van der Waals surface area contributed by atoms with Gasteiger partial charge in [0.1, 0.15) is 6.10 Å². The minimum atomic E-state index is -0.0576. The Labute approximate surface area is 133 Å². The molecule has 2 aromatic rings. The van der Waals surface area contributed by atoms with Gasteiger partial charge in [-0.1, -0.05) is 0 Å². The molecule has 2 aromatic heterocycles. The lowest BCUT2D eigenvalue weighted by atomic mass is 10.1. The number of aryl methyl sites for hydroxylation is 1. The SMILES string of the molecule is Cc1csc(C(=O)NCc2cnc(C3CCCCO3)nc2)c1. The summed E-state index contributed by atoms with van der Waals surface area (Å²) in [4.78, 5) is 21.5. The molecule has 1 atom stereocenters. The van der Waals surface area contributed by atoms with E-state index in [1.807, 2.05) is 18.4 Å². The maximum Gasteiger partial charge on any atom is 0.261 e. The van der Waals surface area contributed by atoms with Crippen LogP contribution in [0.25, 0.3) is 0 Å². The normalized spacial score (nSPS) is 18.1. The number of carbonyl (C=O) groups excluding carboxylic acids is 1. The van der Waals surface area contributed by atoms with Crippen molar-refractivity contribution in [3.63, 3.8) is 0 Å². The zero-order valence-electron chi connectivity index (χ0n) is 12.5. The molecule has 0 aliphatic carbocycles. The summed E-state index contributed by atoms with van der Waals surface area (Å²) in [6.45, 7) is 3.20. The molecule has 0 aromatic carbocycles. The van der Waals surface area contributed by atoms with E-state index < -0.39 is 0 Å². The van der Waals surface area contributed by atoms with Crippen LogP contribution in [0.4, 0.5) is 0 Å². The Hall–Kier alpha value is -1.79. The first-order valence-electron chi connectivity index (χ1n) is 7.48. The number of nitrogens with zero attached hydrogens (tertiary/aromatic N) is 2. The lowest BCUT2D eigenvalue weighted by Crippen LogP contribution is -2.22. The van der Waals surface area contributed by atoms with E-state index >= 15 is 0 Å². The van der Waals surface area contributed by atoms with Crippen molar-refractivity contribution >= 4 is 17.2 Å². The van der Waals surface area contributed by atoms with Crippen LogP contribution in [0, 0.1) is 6.92 Å². The quantitative estimate of drug-likeness (QED) is 0.941. The van der Waals surface area contributed by atoms with E-state index in [1.54, 1.807) is 12.4 Å². The summed E-state index contributed by atoms with van der Waals surface area (Å²) >= 11 is 1.45. The van der Waals surface area contributed by atoms with Gasteiger partial charge in [0, 0.05) is 31.1 Å². The molecule has 3 rings (SSSR count). The zero-order chi connectivity index (χ0) is 15.4. The van der Waals surface area contributed by atoms with Gasteiger partial charge in [-0.15, -0.1) is 11.3 Å². The van der Waals surface area contributed by atoms with Crippen molar-refractivity contribution in [2.45, 2.75) is 38.8 Å². The standard InChI is InChI=1S/C16H19N3O2S/c1-11-6-14(22-10-11)16(20)19-9-12-7-17-15(18-8-12)13-4-2-3-5-21-13/h6-8,10,13H,2-5,9H2,1H3,(H,19,20). The minimum Gasteiger partial charge on any atom is -0.370 e. The molecular weight excluding hydrogens is 298 g/mol. The summed E-state index contributed by atoms with van der Waals surface area (Å²) in [5.41, 5.74) is 2.00. The average Bonchev–Trinajstić information content (AvgIpc) is 3.00. The predicted octanol–water partition coefficient (Wildman–Crippen LogP) is 3.02. The van der Waals surface area contributed by atoms with Crippen LogP contribution in [0.1, 0.15) is 52.0 Å². The van der Waals surface area contributed by atoms with Crippen LogP contribution in [-0.2, 0) is 11.3 Å². The first kappa shape index (κ1) is 15.1. The van der Waals surface area contributed by atoms with Gasteiger partial charge in [-0.25, -0.2) is 9.97 Å². The Morgan fingerprint density at radius 3 is 2.86 bits per heavy atom. The second kappa shape index (κ2) is 6.98. The Morgan fingerprint density at radius 1 is 1.41 bits per heavy atom. The monoisotopic (exact) mass is 317 g/mol. The average molecular weight is 317 g/mol. The van der Waals surface area contributed by atoms with Crippen molar-refractivity contribution in [3.8, 4) is 0 Å². The molecular formula is C16H19N3O2S. The number of nitrogens with one attached hydrogen (secondary N) is 1. The highest BCUT2D eigenvalue weighted by molar-refractivity contribution is 7.12. The Balaban J connectivity index is 1.55. The number of hydrogen-bond acceptors (Lipinski definition) is 5. The summed E-state index contributed by atoms with van der Waals surface area (Å²) < 4.78 is 5.67. The smallest absolute Gasteiger partial charge is 0.261 e. The molecule has 22 heavy (non-hydrogen) atoms. The highest BCUT2D eigenvalue weighted by Gasteiger charge is 2.18. The fraction of sp³-hybridized carbons (Fsp3) is 0.438. The van der Waals surface area contributed by atoms with E-state index in [0.717, 1.165) is 47.7 Å². The summed E-state index contributed by atoms with van der Waals surface area (Å²) in [5.74, 6) is 0.682. The van der Waals surface area contributed by atoms with Gasteiger partial charge >= 0.3 is 0 Å². The number of thiophene rings is 1. The molecule has 0 spiro atoms. The van der Waals surface area contributed by atoms with Gasteiger partial charge in [0.25, 0.3) is 5.91 Å². The largest absolute Gasteiger partial charge is 0.370 e. The van der Waals surface area contributed by atoms with E-state index in [0.29, 0.717) is 6.54 Å². The van der Waals surface area contributed by atoms with Crippen molar-refractivity contribution < 1.29 is 9.53 Å². The molecule has 1 aliphatic heterocycles. The van der Waals surface area contributed by atoms with Crippen molar-refractivity contribution in [2.75, 3.05) is 6.61 Å². The molecule has 0 saturated carbocycles. The maximum atomic E-state index is 12.0. The molecule has 1 saturated heterocycles. The van der Waals surface area contributed by atoms with Crippen LogP contribution in [-0.4, -0.2) is 22.5 Å². The van der Waals surface area contributed by atoms with Crippen LogP contribution in [0.15, 0.2) is 23.8 Å². The molecule has 1 N–H and O–H groups in total. The van der Waals surface area contributed by atoms with Crippen LogP contribution < -0.4 is 5.32 Å². The van der Waals surface area contributed by atoms with E-state index in [9.17, 15) is 4.79 Å². The van der Waals surface area contributed by atoms with Gasteiger partial charge < -0.3 is 10.1 Å². The maximum absolute atomic E-state index is 12.0. The Bertz CT molecular complexity index is 633. The summed E-state index contributed by atoms with van der Waals surface area (Å²) in [6.07, 6.45) is 6.80. The van der Waals surface area contributed by atoms with Crippen molar-refractivity contribution in [1.29, 1.82) is 0 Å². The third kappa shape index (κ3) is 3.69. The third-order valence-corrected chi connectivity index (χ3v) is 4.65. The third-order valence-electron chi connectivity index (χ3n) is 3.60. The number of hydrogen-bond donors (Lipinski definition) is 1. The summed E-state index contributed by atoms with van der Waals surface area (Å²) in [5, 5.41) is 4.86. The highest BCUT2D eigenvalue weighted by Crippen LogP contribution is 2.24. The second-order valence-corrected chi connectivity index (χ2v) is 6.39. The molecule has 0 radical (unpaired) electrons. The topological polar surface area (TPSA) is 64.1 Å². The predicted molar refractivity (Wildman–Crippen MR) is 84.8 cm³/mol. The number of amides is 1. The molecule has 1 aliphatic rings. The van der Waals surface area contributed by atoms with Gasteiger partial charge in [0.15, 0.2) is 5.82 Å². The van der Waals surface area contributed by atoms with Crippen molar-refractivity contribution in [1.82, 2.24) is 15.3 Å². The van der Waals surface area contributed by atoms with Crippen LogP contribution >= 0.6 is 11.3 Å². The van der Waals surface area contributed by atoms with Crippen LogP contribution in [0.3, 0.4) is 0 Å². The van der Waals surface area contributed by atoms with Gasteiger partial charge in [0.2, 0.25) is 0 Å². The molecule has 6 heteroatoms. The first-order chi connectivity index (χ1) is 10.7. The highest BCUT2D eigenvalue weighted by atomic mass is 32.1. The van der Waals surface area contributed by atoms with Gasteiger partial charge in [-0.05, 0) is 43.2 Å². The van der Waals surface area contributed by atoms with Gasteiger partial charge in [-0.3, -0.25) is 4.79 Å². The van der Waals surface area contributed by atoms with E-state index in [-0.39, 0.29) is 12.0 Å². The van der Waals surface area contributed by atoms with Gasteiger partial charge in [0.05, 0.1) is 4.88 Å². The number of rotatable bonds is 4. The Morgan fingerprint density at radius 2 is 2.23 bits per heavy atom. The summed E-state index contributed by atoms with van der Waals surface area (Å²) in [7, 11) is 0. The lowest BCUT2D eigenvalue weighted by molar-refractivity contribution is 0.00940. The summed E-state index contributed by atoms with van der Waals surface area (Å²) in [6, 6.07) is 1.89. The van der Waals surface area contributed by atoms with Crippen molar-refractivity contribution in [2.24, 2.45) is 0 Å². The molecule has 1 fully saturated rings. The van der Waals surface area contributed by atoms with Crippen LogP contribution in [0.5, 0.6) is 0 Å². The van der Waals surface area contributed by atoms with Crippen LogP contribution in [0.2, 0.25) is 0 Å². The lowest BCUT2D eigenvalue weighted by Gasteiger charge is -2.21. The first-order valence-corrected chi connectivity index (χ1v) is 8.36. The number of aromatic nitrogens is 2. The minimum absolute atomic E-state index is 0.0199. The zero-order valence-corrected chi connectivity index (χ0v) is 13.4. The van der Waals surface area contributed by atoms with E-state index in [1.165, 1.54) is 11.3 Å². The Kier molecular flexibility index (Phi) is 4.80. The molecule has 3 heterocycles. The van der Waals surface area contributed by atoms with E-state index in [2.05, 4.69) is 15.3 Å². The van der Waals surface area contributed by atoms with Crippen molar-refractivity contribution in [3.05, 3.63) is 45.7 Å². The second-order valence-electron chi connectivity index (χ2n) is 5.48. The molecule has 116 valence electrons. The fourth-order valence-electron chi connectivity index (χ4n) is 2.39. The molecule has 5 nitrogen and oxygen atoms in total. The number of carbonyl (C=O) groups is 1. The number of ether oxygens (including phenoxy) is 1. The fourth-order valence-corrected chi connectivity index (χ4v) is 3.20. The van der Waals surface area contributed by atoms with E-state index in [4.69, 9.17) is 4.74 Å². The molecule has 1 unspecified atom stereocenters. The van der Waals surface area contributed by atoms with Gasteiger partial charge in [-0.2, -0.15) is 0 Å². The molecule has 0 bridgehead atoms. The molecule has 1 amide bonds.